The molecular formula is C22H24N2O6S. The molecule has 0 aromatic heterocycles. The summed E-state index contributed by atoms with van der Waals surface area (Å²) in [6.45, 7) is 0.0653. The van der Waals surface area contributed by atoms with E-state index in [-0.39, 0.29) is 36.6 Å². The van der Waals surface area contributed by atoms with Gasteiger partial charge in [0.15, 0.2) is 9.84 Å². The zero-order chi connectivity index (χ0) is 22.0. The van der Waals surface area contributed by atoms with Gasteiger partial charge >= 0.3 is 6.09 Å². The molecule has 0 spiro atoms. The van der Waals surface area contributed by atoms with Crippen LogP contribution in [0.4, 0.5) is 4.79 Å². The first-order chi connectivity index (χ1) is 14.8. The fourth-order valence-corrected chi connectivity index (χ4v) is 5.70. The summed E-state index contributed by atoms with van der Waals surface area (Å²) >= 11 is 0. The number of nitrogens with one attached hydrogen (secondary N) is 1. The maximum Gasteiger partial charge on any atom is 0.410 e. The molecule has 9 heteroatoms. The Morgan fingerprint density at radius 1 is 1.10 bits per heavy atom. The molecule has 0 saturated carbocycles. The highest BCUT2D eigenvalue weighted by Crippen LogP contribution is 2.32. The number of fused-ring (bicyclic) bond motifs is 1. The van der Waals surface area contributed by atoms with Crippen LogP contribution < -0.4 is 5.32 Å². The predicted octanol–water partition coefficient (Wildman–Crippen LogP) is 1.79. The first-order valence-corrected chi connectivity index (χ1v) is 11.8. The third kappa shape index (κ3) is 4.57. The Morgan fingerprint density at radius 3 is 2.58 bits per heavy atom. The monoisotopic (exact) mass is 444 g/mol. The van der Waals surface area contributed by atoms with Gasteiger partial charge in [-0.3, -0.25) is 9.69 Å². The van der Waals surface area contributed by atoms with Crippen molar-refractivity contribution in [3.05, 3.63) is 65.7 Å². The molecule has 4 rings (SSSR count). The first kappa shape index (κ1) is 21.3. The molecule has 1 fully saturated rings. The molecule has 2 amide bonds. The minimum atomic E-state index is -3.37. The van der Waals surface area contributed by atoms with Crippen molar-refractivity contribution in [1.29, 1.82) is 0 Å². The van der Waals surface area contributed by atoms with E-state index >= 15 is 0 Å². The van der Waals surface area contributed by atoms with Crippen molar-refractivity contribution in [3.8, 4) is 0 Å². The number of sulfone groups is 1. The molecule has 2 N–H and O–H groups in total. The van der Waals surface area contributed by atoms with E-state index < -0.39 is 40.0 Å². The van der Waals surface area contributed by atoms with Gasteiger partial charge in [0.05, 0.1) is 29.3 Å². The van der Waals surface area contributed by atoms with Gasteiger partial charge in [0.2, 0.25) is 5.91 Å². The second kappa shape index (κ2) is 8.68. The van der Waals surface area contributed by atoms with Gasteiger partial charge < -0.3 is 15.2 Å². The highest BCUT2D eigenvalue weighted by molar-refractivity contribution is 7.91. The zero-order valence-corrected chi connectivity index (χ0v) is 17.6. The van der Waals surface area contributed by atoms with E-state index in [4.69, 9.17) is 4.74 Å². The Morgan fingerprint density at radius 2 is 1.81 bits per heavy atom. The maximum atomic E-state index is 13.0. The lowest BCUT2D eigenvalue weighted by Gasteiger charge is -2.29. The second-order valence-electron chi connectivity index (χ2n) is 7.80. The van der Waals surface area contributed by atoms with Crippen LogP contribution >= 0.6 is 0 Å². The summed E-state index contributed by atoms with van der Waals surface area (Å²) in [7, 11) is -3.37. The van der Waals surface area contributed by atoms with Crippen molar-refractivity contribution >= 4 is 21.8 Å². The average molecular weight is 445 g/mol. The lowest BCUT2D eigenvalue weighted by Crippen LogP contribution is -2.47. The number of aliphatic hydroxyl groups is 1. The van der Waals surface area contributed by atoms with Crippen molar-refractivity contribution in [2.75, 3.05) is 12.3 Å². The van der Waals surface area contributed by atoms with Crippen LogP contribution in [0.5, 0.6) is 0 Å². The molecule has 2 aromatic carbocycles. The van der Waals surface area contributed by atoms with E-state index in [0.29, 0.717) is 5.56 Å². The van der Waals surface area contributed by atoms with Crippen molar-refractivity contribution in [2.24, 2.45) is 0 Å². The van der Waals surface area contributed by atoms with Crippen LogP contribution in [0.15, 0.2) is 59.5 Å². The number of likely N-dealkylation sites (tertiary alicyclic amines) is 1. The van der Waals surface area contributed by atoms with Gasteiger partial charge in [-0.15, -0.1) is 0 Å². The lowest BCUT2D eigenvalue weighted by molar-refractivity contribution is -0.126. The van der Waals surface area contributed by atoms with Crippen molar-refractivity contribution in [3.63, 3.8) is 0 Å². The topological polar surface area (TPSA) is 113 Å². The standard InChI is InChI=1S/C22H24N2O6S/c25-16-12-19(24(13-16)22(27)30-14-15-6-2-1-3-7-15)21(26)23-18-10-11-31(28,29)20-9-5-4-8-17(18)20/h1-9,16,18-19,25H,10-14H2,(H,23,26)/t16-,18?,19+/m1/s1. The minimum absolute atomic E-state index is 0.00133. The molecule has 2 aliphatic heterocycles. The Balaban J connectivity index is 1.45. The molecule has 1 unspecified atom stereocenters. The summed E-state index contributed by atoms with van der Waals surface area (Å²) < 4.78 is 30.0. The number of rotatable bonds is 4. The summed E-state index contributed by atoms with van der Waals surface area (Å²) in [5.41, 5.74) is 1.36. The third-order valence-electron chi connectivity index (χ3n) is 5.64. The fourth-order valence-electron chi connectivity index (χ4n) is 4.07. The molecule has 0 radical (unpaired) electrons. The van der Waals surface area contributed by atoms with Crippen LogP contribution in [0.2, 0.25) is 0 Å². The quantitative estimate of drug-likeness (QED) is 0.744. The van der Waals surface area contributed by atoms with Crippen LogP contribution in [0, 0.1) is 0 Å². The van der Waals surface area contributed by atoms with Crippen LogP contribution in [0.1, 0.15) is 30.0 Å². The Kier molecular flexibility index (Phi) is 5.97. The Hall–Kier alpha value is -2.91. The number of ether oxygens (including phenoxy) is 1. The van der Waals surface area contributed by atoms with E-state index in [1.807, 2.05) is 30.3 Å². The van der Waals surface area contributed by atoms with Gasteiger partial charge in [-0.1, -0.05) is 48.5 Å². The van der Waals surface area contributed by atoms with Crippen molar-refractivity contribution in [2.45, 2.75) is 42.5 Å². The highest BCUT2D eigenvalue weighted by Gasteiger charge is 2.41. The number of nitrogens with zero attached hydrogens (tertiary/aromatic N) is 1. The maximum absolute atomic E-state index is 13.0. The number of carbonyl (C=O) groups is 2. The fraction of sp³-hybridized carbons (Fsp3) is 0.364. The molecule has 2 heterocycles. The molecule has 3 atom stereocenters. The SMILES string of the molecule is O=C(NC1CCS(=O)(=O)c2ccccc21)[C@@H]1C[C@@H](O)CN1C(=O)OCc1ccccc1. The van der Waals surface area contributed by atoms with Gasteiger partial charge in [0.1, 0.15) is 12.6 Å². The van der Waals surface area contributed by atoms with Crippen LogP contribution in [-0.2, 0) is 26.0 Å². The number of hydrogen-bond acceptors (Lipinski definition) is 6. The second-order valence-corrected chi connectivity index (χ2v) is 9.88. The molecular weight excluding hydrogens is 420 g/mol. The number of β-amino-alcohol motifs (C(OH)–C–C–N with tert-alkyl or cyclic N) is 1. The van der Waals surface area contributed by atoms with Gasteiger partial charge in [-0.25, -0.2) is 13.2 Å². The largest absolute Gasteiger partial charge is 0.445 e. The summed E-state index contributed by atoms with van der Waals surface area (Å²) in [5, 5.41) is 12.9. The van der Waals surface area contributed by atoms with E-state index in [1.165, 1.54) is 11.0 Å². The molecule has 0 aliphatic carbocycles. The molecule has 2 aliphatic rings. The number of hydrogen-bond donors (Lipinski definition) is 2. The molecule has 8 nitrogen and oxygen atoms in total. The van der Waals surface area contributed by atoms with Crippen molar-refractivity contribution < 1.29 is 27.9 Å². The van der Waals surface area contributed by atoms with E-state index in [2.05, 4.69) is 5.32 Å². The normalized spacial score (nSPS) is 24.3. The highest BCUT2D eigenvalue weighted by atomic mass is 32.2. The van der Waals surface area contributed by atoms with Crippen LogP contribution in [0.25, 0.3) is 0 Å². The summed E-state index contributed by atoms with van der Waals surface area (Å²) in [4.78, 5) is 27.0. The predicted molar refractivity (Wildman–Crippen MR) is 112 cm³/mol. The first-order valence-electron chi connectivity index (χ1n) is 10.1. The number of carbonyl (C=O) groups excluding carboxylic acids is 2. The zero-order valence-electron chi connectivity index (χ0n) is 16.8. The lowest BCUT2D eigenvalue weighted by atomic mass is 10.0. The summed E-state index contributed by atoms with van der Waals surface area (Å²) in [6.07, 6.45) is -1.16. The Labute approximate surface area is 180 Å². The van der Waals surface area contributed by atoms with Crippen LogP contribution in [-0.4, -0.2) is 54.9 Å². The molecule has 2 aromatic rings. The van der Waals surface area contributed by atoms with Gasteiger partial charge in [-0.05, 0) is 23.6 Å². The van der Waals surface area contributed by atoms with Crippen molar-refractivity contribution in [1.82, 2.24) is 10.2 Å². The average Bonchev–Trinajstić information content (AvgIpc) is 3.17. The van der Waals surface area contributed by atoms with E-state index in [1.54, 1.807) is 18.2 Å². The van der Waals surface area contributed by atoms with Gasteiger partial charge in [-0.2, -0.15) is 0 Å². The molecule has 0 bridgehead atoms. The number of amides is 2. The summed E-state index contributed by atoms with van der Waals surface area (Å²) in [5.74, 6) is -0.502. The smallest absolute Gasteiger partial charge is 0.410 e. The van der Waals surface area contributed by atoms with E-state index in [9.17, 15) is 23.1 Å². The Bertz CT molecular complexity index is 1070. The van der Waals surface area contributed by atoms with E-state index in [0.717, 1.165) is 5.56 Å². The molecule has 164 valence electrons. The molecule has 31 heavy (non-hydrogen) atoms. The van der Waals surface area contributed by atoms with Gasteiger partial charge in [0, 0.05) is 6.42 Å². The number of aliphatic hydroxyl groups excluding tert-OH is 1. The third-order valence-corrected chi connectivity index (χ3v) is 7.46. The minimum Gasteiger partial charge on any atom is -0.445 e. The van der Waals surface area contributed by atoms with Gasteiger partial charge in [0.25, 0.3) is 0 Å². The molecule has 1 saturated heterocycles. The van der Waals surface area contributed by atoms with Crippen LogP contribution in [0.3, 0.4) is 0 Å². The summed E-state index contributed by atoms with van der Waals surface area (Å²) in [6, 6.07) is 14.4. The number of benzene rings is 2.